The number of hydrogen-bond acceptors (Lipinski definition) is 2. The molecular formula is C16H23ClN2. The van der Waals surface area contributed by atoms with Crippen LogP contribution in [-0.4, -0.2) is 30.6 Å². The maximum atomic E-state index is 6.09. The molecule has 0 amide bonds. The van der Waals surface area contributed by atoms with Crippen molar-refractivity contribution in [2.45, 2.75) is 38.3 Å². The van der Waals surface area contributed by atoms with Gasteiger partial charge in [0.25, 0.3) is 0 Å². The van der Waals surface area contributed by atoms with Crippen molar-refractivity contribution in [3.05, 3.63) is 34.9 Å². The van der Waals surface area contributed by atoms with Crippen molar-refractivity contribution in [1.82, 2.24) is 10.2 Å². The SMILES string of the molecule is CC(c1cccc(Cl)c1)N1CCC(CNC2CC2)C1. The molecule has 1 aliphatic carbocycles. The third-order valence-corrected chi connectivity index (χ3v) is 4.70. The standard InChI is InChI=1S/C16H23ClN2/c1-12(14-3-2-4-15(17)9-14)19-8-7-13(11-19)10-18-16-5-6-16/h2-4,9,12-13,16,18H,5-8,10-11H2,1H3. The summed E-state index contributed by atoms with van der Waals surface area (Å²) in [5.41, 5.74) is 1.34. The number of rotatable bonds is 5. The van der Waals surface area contributed by atoms with Crippen molar-refractivity contribution in [1.29, 1.82) is 0 Å². The summed E-state index contributed by atoms with van der Waals surface area (Å²) in [6, 6.07) is 9.60. The summed E-state index contributed by atoms with van der Waals surface area (Å²) in [5.74, 6) is 0.822. The van der Waals surface area contributed by atoms with E-state index in [1.54, 1.807) is 0 Å². The first-order chi connectivity index (χ1) is 9.22. The molecule has 0 aromatic heterocycles. The van der Waals surface area contributed by atoms with E-state index in [-0.39, 0.29) is 0 Å². The molecule has 3 rings (SSSR count). The van der Waals surface area contributed by atoms with Crippen molar-refractivity contribution in [2.24, 2.45) is 5.92 Å². The Morgan fingerprint density at radius 1 is 1.37 bits per heavy atom. The van der Waals surface area contributed by atoms with Gasteiger partial charge in [-0.05, 0) is 62.9 Å². The van der Waals surface area contributed by atoms with E-state index < -0.39 is 0 Å². The second kappa shape index (κ2) is 5.82. The van der Waals surface area contributed by atoms with Gasteiger partial charge in [0.2, 0.25) is 0 Å². The van der Waals surface area contributed by atoms with E-state index >= 15 is 0 Å². The first kappa shape index (κ1) is 13.4. The van der Waals surface area contributed by atoms with E-state index in [9.17, 15) is 0 Å². The molecule has 0 spiro atoms. The van der Waals surface area contributed by atoms with Gasteiger partial charge in [-0.1, -0.05) is 23.7 Å². The van der Waals surface area contributed by atoms with E-state index in [4.69, 9.17) is 11.6 Å². The molecule has 2 nitrogen and oxygen atoms in total. The smallest absolute Gasteiger partial charge is 0.0409 e. The highest BCUT2D eigenvalue weighted by molar-refractivity contribution is 6.30. The molecule has 1 aromatic carbocycles. The molecule has 1 heterocycles. The van der Waals surface area contributed by atoms with Crippen LogP contribution in [0.15, 0.2) is 24.3 Å². The Balaban J connectivity index is 1.54. The highest BCUT2D eigenvalue weighted by Gasteiger charge is 2.28. The topological polar surface area (TPSA) is 15.3 Å². The molecule has 1 saturated heterocycles. The zero-order valence-corrected chi connectivity index (χ0v) is 12.4. The maximum Gasteiger partial charge on any atom is 0.0409 e. The van der Waals surface area contributed by atoms with Crippen molar-refractivity contribution < 1.29 is 0 Å². The Labute approximate surface area is 121 Å². The lowest BCUT2D eigenvalue weighted by molar-refractivity contribution is 0.251. The highest BCUT2D eigenvalue weighted by Crippen LogP contribution is 2.29. The predicted molar refractivity (Wildman–Crippen MR) is 80.6 cm³/mol. The Kier molecular flexibility index (Phi) is 4.11. The Morgan fingerprint density at radius 3 is 2.95 bits per heavy atom. The molecule has 1 N–H and O–H groups in total. The molecule has 104 valence electrons. The van der Waals surface area contributed by atoms with Crippen LogP contribution in [0, 0.1) is 5.92 Å². The third kappa shape index (κ3) is 3.50. The van der Waals surface area contributed by atoms with Crippen molar-refractivity contribution in [3.8, 4) is 0 Å². The molecule has 1 saturated carbocycles. The van der Waals surface area contributed by atoms with Crippen LogP contribution in [-0.2, 0) is 0 Å². The zero-order valence-electron chi connectivity index (χ0n) is 11.6. The summed E-state index contributed by atoms with van der Waals surface area (Å²) >= 11 is 6.09. The van der Waals surface area contributed by atoms with Crippen LogP contribution in [0.4, 0.5) is 0 Å². The lowest BCUT2D eigenvalue weighted by Crippen LogP contribution is -2.29. The van der Waals surface area contributed by atoms with Gasteiger partial charge in [-0.2, -0.15) is 0 Å². The molecule has 19 heavy (non-hydrogen) atoms. The van der Waals surface area contributed by atoms with E-state index in [0.717, 1.165) is 17.0 Å². The summed E-state index contributed by atoms with van der Waals surface area (Å²) in [7, 11) is 0. The number of nitrogens with zero attached hydrogens (tertiary/aromatic N) is 1. The van der Waals surface area contributed by atoms with Gasteiger partial charge < -0.3 is 5.32 Å². The number of halogens is 1. The average Bonchev–Trinajstić information content (AvgIpc) is 3.13. The maximum absolute atomic E-state index is 6.09. The van der Waals surface area contributed by atoms with Gasteiger partial charge >= 0.3 is 0 Å². The second-order valence-electron chi connectivity index (χ2n) is 6.06. The van der Waals surface area contributed by atoms with Crippen molar-refractivity contribution >= 4 is 11.6 Å². The molecule has 0 bridgehead atoms. The van der Waals surface area contributed by atoms with Gasteiger partial charge in [0, 0.05) is 23.7 Å². The summed E-state index contributed by atoms with van der Waals surface area (Å²) in [6.45, 7) is 5.92. The molecule has 2 fully saturated rings. The molecule has 0 radical (unpaired) electrons. The van der Waals surface area contributed by atoms with Crippen LogP contribution in [0.1, 0.15) is 37.8 Å². The lowest BCUT2D eigenvalue weighted by Gasteiger charge is -2.25. The Bertz CT molecular complexity index is 431. The van der Waals surface area contributed by atoms with Crippen LogP contribution >= 0.6 is 11.6 Å². The third-order valence-electron chi connectivity index (χ3n) is 4.47. The van der Waals surface area contributed by atoms with Crippen LogP contribution < -0.4 is 5.32 Å². The van der Waals surface area contributed by atoms with Crippen molar-refractivity contribution in [2.75, 3.05) is 19.6 Å². The van der Waals surface area contributed by atoms with E-state index in [0.29, 0.717) is 6.04 Å². The van der Waals surface area contributed by atoms with Crippen LogP contribution in [0.25, 0.3) is 0 Å². The van der Waals surface area contributed by atoms with Gasteiger partial charge in [0.05, 0.1) is 0 Å². The first-order valence-electron chi connectivity index (χ1n) is 7.45. The van der Waals surface area contributed by atoms with Crippen LogP contribution in [0.2, 0.25) is 5.02 Å². The average molecular weight is 279 g/mol. The zero-order chi connectivity index (χ0) is 13.2. The molecular weight excluding hydrogens is 256 g/mol. The van der Waals surface area contributed by atoms with E-state index in [2.05, 4.69) is 35.3 Å². The molecule has 1 aliphatic heterocycles. The number of hydrogen-bond donors (Lipinski definition) is 1. The van der Waals surface area contributed by atoms with Gasteiger partial charge in [-0.15, -0.1) is 0 Å². The summed E-state index contributed by atoms with van der Waals surface area (Å²) in [4.78, 5) is 2.59. The molecule has 1 aromatic rings. The molecule has 3 heteroatoms. The lowest BCUT2D eigenvalue weighted by atomic mass is 10.1. The van der Waals surface area contributed by atoms with Crippen molar-refractivity contribution in [3.63, 3.8) is 0 Å². The number of likely N-dealkylation sites (tertiary alicyclic amines) is 1. The fourth-order valence-corrected chi connectivity index (χ4v) is 3.18. The normalized spacial score (nSPS) is 25.7. The number of nitrogens with one attached hydrogen (secondary N) is 1. The summed E-state index contributed by atoms with van der Waals surface area (Å²) in [6.07, 6.45) is 4.09. The molecule has 2 unspecified atom stereocenters. The predicted octanol–water partition coefficient (Wildman–Crippen LogP) is 3.47. The molecule has 2 aliphatic rings. The van der Waals surface area contributed by atoms with E-state index in [1.807, 2.05) is 6.07 Å². The Hall–Kier alpha value is -0.570. The van der Waals surface area contributed by atoms with E-state index in [1.165, 1.54) is 44.5 Å². The first-order valence-corrected chi connectivity index (χ1v) is 7.83. The minimum Gasteiger partial charge on any atom is -0.314 e. The highest BCUT2D eigenvalue weighted by atomic mass is 35.5. The van der Waals surface area contributed by atoms with Crippen LogP contribution in [0.5, 0.6) is 0 Å². The quantitative estimate of drug-likeness (QED) is 0.887. The minimum atomic E-state index is 0.477. The Morgan fingerprint density at radius 2 is 2.21 bits per heavy atom. The number of benzene rings is 1. The molecule has 2 atom stereocenters. The minimum absolute atomic E-state index is 0.477. The second-order valence-corrected chi connectivity index (χ2v) is 6.50. The monoisotopic (exact) mass is 278 g/mol. The van der Waals surface area contributed by atoms with Crippen LogP contribution in [0.3, 0.4) is 0 Å². The summed E-state index contributed by atoms with van der Waals surface area (Å²) < 4.78 is 0. The summed E-state index contributed by atoms with van der Waals surface area (Å²) in [5, 5.41) is 4.50. The van der Waals surface area contributed by atoms with Gasteiger partial charge in [0.15, 0.2) is 0 Å². The van der Waals surface area contributed by atoms with Gasteiger partial charge in [-0.25, -0.2) is 0 Å². The van der Waals surface area contributed by atoms with Gasteiger partial charge in [-0.3, -0.25) is 4.90 Å². The largest absolute Gasteiger partial charge is 0.314 e. The fraction of sp³-hybridized carbons (Fsp3) is 0.625. The van der Waals surface area contributed by atoms with Gasteiger partial charge in [0.1, 0.15) is 0 Å². The fourth-order valence-electron chi connectivity index (χ4n) is 2.98.